The molecule has 3 aromatic rings. The Hall–Kier alpha value is -3.03. The van der Waals surface area contributed by atoms with E-state index in [1.165, 1.54) is 6.20 Å². The Morgan fingerprint density at radius 1 is 1.17 bits per heavy atom. The number of nitrogen functional groups attached to an aromatic ring is 1. The first-order valence-electron chi connectivity index (χ1n) is 13.4. The summed E-state index contributed by atoms with van der Waals surface area (Å²) in [5, 5.41) is 9.48. The zero-order valence-electron chi connectivity index (χ0n) is 21.9. The van der Waals surface area contributed by atoms with Gasteiger partial charge in [0.05, 0.1) is 27.6 Å². The van der Waals surface area contributed by atoms with Crippen molar-refractivity contribution in [3.63, 3.8) is 0 Å². The van der Waals surface area contributed by atoms with Gasteiger partial charge in [0.2, 0.25) is 0 Å². The summed E-state index contributed by atoms with van der Waals surface area (Å²) in [4.78, 5) is 16.8. The number of aliphatic hydroxyl groups is 1. The smallest absolute Gasteiger partial charge is 0.418 e. The second-order valence-corrected chi connectivity index (χ2v) is 11.4. The fourth-order valence-corrected chi connectivity index (χ4v) is 6.68. The normalized spacial score (nSPS) is 23.9. The fraction of sp³-hybridized carbons (Fsp3) is 0.519. The maximum Gasteiger partial charge on any atom is 0.418 e. The summed E-state index contributed by atoms with van der Waals surface area (Å²) >= 11 is 5.91. The van der Waals surface area contributed by atoms with E-state index in [0.717, 1.165) is 31.5 Å². The van der Waals surface area contributed by atoms with Gasteiger partial charge in [0, 0.05) is 43.5 Å². The summed E-state index contributed by atoms with van der Waals surface area (Å²) in [6, 6.07) is 1.74. The van der Waals surface area contributed by atoms with Gasteiger partial charge in [0.25, 0.3) is 0 Å². The number of nitrogens with two attached hydrogens (primary N) is 1. The maximum absolute atomic E-state index is 16.2. The number of hydrogen-bond donors (Lipinski definition) is 2. The molecule has 3 aliphatic rings. The van der Waals surface area contributed by atoms with Gasteiger partial charge in [-0.3, -0.25) is 9.88 Å². The van der Waals surface area contributed by atoms with Crippen molar-refractivity contribution < 1.29 is 31.8 Å². The van der Waals surface area contributed by atoms with Gasteiger partial charge in [0.15, 0.2) is 5.82 Å². The van der Waals surface area contributed by atoms with Crippen molar-refractivity contribution in [2.75, 3.05) is 43.4 Å². The van der Waals surface area contributed by atoms with Gasteiger partial charge in [-0.05, 0) is 44.4 Å². The van der Waals surface area contributed by atoms with Crippen LogP contribution in [-0.4, -0.2) is 75.6 Å². The Balaban J connectivity index is 1.46. The van der Waals surface area contributed by atoms with Crippen molar-refractivity contribution in [2.24, 2.45) is 0 Å². The van der Waals surface area contributed by atoms with Crippen molar-refractivity contribution in [1.82, 2.24) is 19.9 Å². The minimum atomic E-state index is -4.91. The van der Waals surface area contributed by atoms with E-state index in [4.69, 9.17) is 22.1 Å². The van der Waals surface area contributed by atoms with E-state index in [-0.39, 0.29) is 35.0 Å². The molecule has 0 radical (unpaired) electrons. The molecule has 14 heteroatoms. The van der Waals surface area contributed by atoms with Gasteiger partial charge in [-0.1, -0.05) is 11.6 Å². The van der Waals surface area contributed by atoms with Crippen LogP contribution in [-0.2, 0) is 6.18 Å². The van der Waals surface area contributed by atoms with Crippen molar-refractivity contribution in [2.45, 2.75) is 56.1 Å². The van der Waals surface area contributed by atoms with Gasteiger partial charge in [-0.15, -0.1) is 0 Å². The SMILES string of the molecule is Nc1cc(Cl)c(C(F)(F)F)c(-c2ncc3c(N4CCC(O)CC4)nc(OC[C@@]45CCCN4C[C@H](F)C5)nc3c2F)c1. The number of nitrogens with zero attached hydrogens (tertiary/aromatic N) is 5. The molecule has 41 heavy (non-hydrogen) atoms. The molecule has 3 saturated heterocycles. The van der Waals surface area contributed by atoms with Crippen molar-refractivity contribution in [3.8, 4) is 17.3 Å². The van der Waals surface area contributed by atoms with Crippen LogP contribution < -0.4 is 15.4 Å². The van der Waals surface area contributed by atoms with E-state index >= 15 is 4.39 Å². The predicted molar refractivity (Wildman–Crippen MR) is 143 cm³/mol. The molecule has 1 aromatic carbocycles. The van der Waals surface area contributed by atoms with E-state index in [9.17, 15) is 22.7 Å². The molecule has 8 nitrogen and oxygen atoms in total. The lowest BCUT2D eigenvalue weighted by Gasteiger charge is -2.32. The van der Waals surface area contributed by atoms with E-state index in [2.05, 4.69) is 19.9 Å². The highest BCUT2D eigenvalue weighted by molar-refractivity contribution is 6.32. The number of alkyl halides is 4. The largest absolute Gasteiger partial charge is 0.461 e. The summed E-state index contributed by atoms with van der Waals surface area (Å²) in [5.74, 6) is -0.836. The average molecular weight is 599 g/mol. The van der Waals surface area contributed by atoms with E-state index in [1.807, 2.05) is 4.90 Å². The summed E-state index contributed by atoms with van der Waals surface area (Å²) in [5.41, 5.74) is 2.36. The molecule has 2 aromatic heterocycles. The second kappa shape index (κ2) is 10.4. The van der Waals surface area contributed by atoms with Crippen molar-refractivity contribution in [1.29, 1.82) is 0 Å². The van der Waals surface area contributed by atoms with Gasteiger partial charge in [-0.2, -0.15) is 23.1 Å². The molecule has 6 rings (SSSR count). The Morgan fingerprint density at radius 2 is 1.93 bits per heavy atom. The number of fused-ring (bicyclic) bond motifs is 2. The zero-order chi connectivity index (χ0) is 29.1. The van der Waals surface area contributed by atoms with Crippen LogP contribution in [0.3, 0.4) is 0 Å². The van der Waals surface area contributed by atoms with Crippen molar-refractivity contribution in [3.05, 3.63) is 34.7 Å². The van der Waals surface area contributed by atoms with Crippen LogP contribution in [0.1, 0.15) is 37.7 Å². The minimum absolute atomic E-state index is 0.0830. The van der Waals surface area contributed by atoms with Crippen LogP contribution in [0, 0.1) is 5.82 Å². The molecule has 2 atom stereocenters. The highest BCUT2D eigenvalue weighted by atomic mass is 35.5. The molecule has 3 N–H and O–H groups in total. The van der Waals surface area contributed by atoms with Crippen LogP contribution in [0.2, 0.25) is 5.02 Å². The number of benzene rings is 1. The first-order valence-corrected chi connectivity index (χ1v) is 13.8. The quantitative estimate of drug-likeness (QED) is 0.313. The van der Waals surface area contributed by atoms with Crippen LogP contribution in [0.15, 0.2) is 18.3 Å². The number of anilines is 2. The highest BCUT2D eigenvalue weighted by Gasteiger charge is 2.49. The summed E-state index contributed by atoms with van der Waals surface area (Å²) in [6.07, 6.45) is -2.34. The number of halogens is 6. The lowest BCUT2D eigenvalue weighted by molar-refractivity contribution is -0.137. The molecule has 0 saturated carbocycles. The number of pyridine rings is 1. The lowest BCUT2D eigenvalue weighted by Crippen LogP contribution is -2.43. The van der Waals surface area contributed by atoms with Gasteiger partial charge in [-0.25, -0.2) is 8.78 Å². The number of aliphatic hydroxyl groups excluding tert-OH is 1. The number of ether oxygens (including phenoxy) is 1. The summed E-state index contributed by atoms with van der Waals surface area (Å²) < 4.78 is 78.4. The molecule has 220 valence electrons. The first kappa shape index (κ1) is 28.1. The molecular formula is C27H28ClF5N6O2. The molecule has 0 unspecified atom stereocenters. The number of rotatable bonds is 5. The van der Waals surface area contributed by atoms with Gasteiger partial charge < -0.3 is 20.5 Å². The molecule has 0 spiro atoms. The monoisotopic (exact) mass is 598 g/mol. The van der Waals surface area contributed by atoms with Crippen molar-refractivity contribution >= 4 is 34.0 Å². The summed E-state index contributed by atoms with van der Waals surface area (Å²) in [7, 11) is 0. The molecule has 0 aliphatic carbocycles. The Bertz CT molecular complexity index is 1490. The first-order chi connectivity index (χ1) is 19.4. The zero-order valence-corrected chi connectivity index (χ0v) is 22.7. The number of hydrogen-bond acceptors (Lipinski definition) is 8. The fourth-order valence-electron chi connectivity index (χ4n) is 6.34. The molecule has 0 amide bonds. The van der Waals surface area contributed by atoms with E-state index < -0.39 is 51.7 Å². The van der Waals surface area contributed by atoms with E-state index in [0.29, 0.717) is 38.9 Å². The van der Waals surface area contributed by atoms with Gasteiger partial charge >= 0.3 is 12.2 Å². The third-order valence-electron chi connectivity index (χ3n) is 8.29. The topological polar surface area (TPSA) is 101 Å². The Morgan fingerprint density at radius 3 is 2.66 bits per heavy atom. The Kier molecular flexibility index (Phi) is 7.10. The van der Waals surface area contributed by atoms with Crippen LogP contribution in [0.5, 0.6) is 6.01 Å². The molecule has 0 bridgehead atoms. The number of aromatic nitrogens is 3. The average Bonchev–Trinajstić information content (AvgIpc) is 3.42. The van der Waals surface area contributed by atoms with E-state index in [1.54, 1.807) is 0 Å². The predicted octanol–water partition coefficient (Wildman–Crippen LogP) is 5.00. The number of piperidine rings is 1. The second-order valence-electron chi connectivity index (χ2n) is 11.0. The lowest BCUT2D eigenvalue weighted by atomic mass is 9.95. The minimum Gasteiger partial charge on any atom is -0.461 e. The Labute approximate surface area is 237 Å². The van der Waals surface area contributed by atoms with Gasteiger partial charge in [0.1, 0.15) is 29.8 Å². The third kappa shape index (κ3) is 5.12. The summed E-state index contributed by atoms with van der Waals surface area (Å²) in [6.45, 7) is 1.95. The van der Waals surface area contributed by atoms with Crippen LogP contribution >= 0.6 is 11.6 Å². The third-order valence-corrected chi connectivity index (χ3v) is 8.59. The molecular weight excluding hydrogens is 571 g/mol. The van der Waals surface area contributed by atoms with Crippen LogP contribution in [0.25, 0.3) is 22.2 Å². The molecule has 3 fully saturated rings. The standard InChI is InChI=1S/C27H28ClF5N6O2/c28-19-9-15(34)8-17(20(19)27(31,32)33)22-21(30)23-18(11-35-22)24(38-6-2-16(40)3-7-38)37-25(36-23)41-13-26-4-1-5-39(26)12-14(29)10-26/h8-9,11,14,16,40H,1-7,10,12-13,34H2/t14-,26+/m1/s1. The highest BCUT2D eigenvalue weighted by Crippen LogP contribution is 2.44. The maximum atomic E-state index is 16.2. The molecule has 5 heterocycles. The van der Waals surface area contributed by atoms with Crippen LogP contribution in [0.4, 0.5) is 33.5 Å². The molecule has 3 aliphatic heterocycles.